The molecule has 0 aromatic rings. The highest BCUT2D eigenvalue weighted by atomic mass is 16.5. The van der Waals surface area contributed by atoms with Gasteiger partial charge in [0.25, 0.3) is 0 Å². The van der Waals surface area contributed by atoms with Gasteiger partial charge >= 0.3 is 0 Å². The number of unbranched alkanes of at least 4 members (excludes halogenated alkanes) is 2. The van der Waals surface area contributed by atoms with Gasteiger partial charge in [-0.3, -0.25) is 4.79 Å². The van der Waals surface area contributed by atoms with Crippen molar-refractivity contribution >= 4 is 5.91 Å². The molecular formula is C13H25NO2. The average Bonchev–Trinajstić information content (AvgIpc) is 2.24. The molecule has 3 heteroatoms. The number of carbonyl (C=O) groups is 1. The van der Waals surface area contributed by atoms with E-state index < -0.39 is 0 Å². The maximum Gasteiger partial charge on any atom is 0.221 e. The molecule has 0 saturated carbocycles. The van der Waals surface area contributed by atoms with Gasteiger partial charge in [-0.2, -0.15) is 0 Å². The first-order valence-electron chi connectivity index (χ1n) is 6.15. The molecule has 0 spiro atoms. The van der Waals surface area contributed by atoms with E-state index in [0.29, 0.717) is 13.2 Å². The quantitative estimate of drug-likeness (QED) is 0.354. The van der Waals surface area contributed by atoms with E-state index in [9.17, 15) is 4.79 Å². The number of nitrogens with one attached hydrogen (secondary N) is 1. The van der Waals surface area contributed by atoms with Gasteiger partial charge in [-0.25, -0.2) is 0 Å². The van der Waals surface area contributed by atoms with Crippen LogP contribution in [-0.4, -0.2) is 19.2 Å². The van der Waals surface area contributed by atoms with Crippen molar-refractivity contribution in [2.45, 2.75) is 52.4 Å². The number of hydrogen-bond donors (Lipinski definition) is 1. The third kappa shape index (κ3) is 11.2. The van der Waals surface area contributed by atoms with Crippen LogP contribution in [0.15, 0.2) is 12.2 Å². The third-order valence-corrected chi connectivity index (χ3v) is 2.27. The second-order valence-electron chi connectivity index (χ2n) is 4.17. The fraction of sp³-hybridized carbons (Fsp3) is 0.769. The summed E-state index contributed by atoms with van der Waals surface area (Å²) in [7, 11) is 0. The minimum Gasteiger partial charge on any atom is -0.361 e. The summed E-state index contributed by atoms with van der Waals surface area (Å²) >= 11 is 0. The van der Waals surface area contributed by atoms with Gasteiger partial charge in [0.05, 0.1) is 0 Å². The van der Waals surface area contributed by atoms with Crippen LogP contribution in [0.25, 0.3) is 0 Å². The van der Waals surface area contributed by atoms with Crippen LogP contribution in [0.5, 0.6) is 0 Å². The van der Waals surface area contributed by atoms with Crippen molar-refractivity contribution < 1.29 is 9.53 Å². The molecule has 0 aromatic heterocycles. The Morgan fingerprint density at radius 2 is 1.94 bits per heavy atom. The number of rotatable bonds is 10. The van der Waals surface area contributed by atoms with Gasteiger partial charge in [0.15, 0.2) is 0 Å². The zero-order valence-corrected chi connectivity index (χ0v) is 10.7. The van der Waals surface area contributed by atoms with Crippen molar-refractivity contribution in [1.82, 2.24) is 5.32 Å². The summed E-state index contributed by atoms with van der Waals surface area (Å²) in [4.78, 5) is 11.3. The lowest BCUT2D eigenvalue weighted by Crippen LogP contribution is -2.25. The standard InChI is InChI=1S/C13H25NO2/c1-4-5-10-16-11-14-13(15)9-7-6-8-12(2)3/h2,4-11H2,1,3H3,(H,14,15). The minimum atomic E-state index is 0.0817. The summed E-state index contributed by atoms with van der Waals surface area (Å²) in [6.45, 7) is 9.03. The fourth-order valence-electron chi connectivity index (χ4n) is 1.25. The predicted octanol–water partition coefficient (Wildman–Crippen LogP) is 3.01. The van der Waals surface area contributed by atoms with Crippen LogP contribution < -0.4 is 5.32 Å². The molecule has 1 amide bonds. The predicted molar refractivity (Wildman–Crippen MR) is 67.2 cm³/mol. The second-order valence-corrected chi connectivity index (χ2v) is 4.17. The van der Waals surface area contributed by atoms with Gasteiger partial charge in [0.2, 0.25) is 5.91 Å². The Labute approximate surface area is 99.3 Å². The van der Waals surface area contributed by atoms with Crippen LogP contribution >= 0.6 is 0 Å². The molecule has 1 N–H and O–H groups in total. The van der Waals surface area contributed by atoms with Gasteiger partial charge in [-0.1, -0.05) is 18.9 Å². The van der Waals surface area contributed by atoms with E-state index in [1.807, 2.05) is 6.92 Å². The summed E-state index contributed by atoms with van der Waals surface area (Å²) in [5.41, 5.74) is 1.18. The van der Waals surface area contributed by atoms with Crippen LogP contribution in [0.2, 0.25) is 0 Å². The van der Waals surface area contributed by atoms with Crippen LogP contribution in [0.3, 0.4) is 0 Å². The number of carbonyl (C=O) groups excluding carboxylic acids is 1. The van der Waals surface area contributed by atoms with Crippen LogP contribution in [-0.2, 0) is 9.53 Å². The average molecular weight is 227 g/mol. The molecule has 0 aliphatic carbocycles. The molecule has 0 saturated heterocycles. The highest BCUT2D eigenvalue weighted by Gasteiger charge is 1.99. The van der Waals surface area contributed by atoms with Crippen LogP contribution in [0, 0.1) is 0 Å². The molecule has 94 valence electrons. The molecule has 0 heterocycles. The van der Waals surface area contributed by atoms with Gasteiger partial charge in [-0.15, -0.1) is 6.58 Å². The van der Waals surface area contributed by atoms with Gasteiger partial charge in [-0.05, 0) is 32.6 Å². The molecule has 0 rings (SSSR count). The van der Waals surface area contributed by atoms with Crippen molar-refractivity contribution in [2.24, 2.45) is 0 Å². The third-order valence-electron chi connectivity index (χ3n) is 2.27. The Hall–Kier alpha value is -0.830. The lowest BCUT2D eigenvalue weighted by molar-refractivity contribution is -0.122. The Bertz CT molecular complexity index is 202. The van der Waals surface area contributed by atoms with Gasteiger partial charge in [0.1, 0.15) is 6.73 Å². The van der Waals surface area contributed by atoms with Crippen molar-refractivity contribution in [3.63, 3.8) is 0 Å². The Morgan fingerprint density at radius 3 is 2.56 bits per heavy atom. The molecule has 0 atom stereocenters. The zero-order valence-electron chi connectivity index (χ0n) is 10.7. The Kier molecular flexibility index (Phi) is 10.1. The highest BCUT2D eigenvalue weighted by molar-refractivity contribution is 5.75. The molecule has 0 bridgehead atoms. The number of ether oxygens (including phenoxy) is 1. The van der Waals surface area contributed by atoms with Crippen LogP contribution in [0.4, 0.5) is 0 Å². The molecule has 0 unspecified atom stereocenters. The Balaban J connectivity index is 3.21. The van der Waals surface area contributed by atoms with Crippen LogP contribution in [0.1, 0.15) is 52.4 Å². The first-order chi connectivity index (χ1) is 7.66. The lowest BCUT2D eigenvalue weighted by Gasteiger charge is -2.06. The topological polar surface area (TPSA) is 38.3 Å². The number of amides is 1. The van der Waals surface area contributed by atoms with Crippen molar-refractivity contribution in [1.29, 1.82) is 0 Å². The molecule has 0 radical (unpaired) electrons. The van der Waals surface area contributed by atoms with E-state index in [2.05, 4.69) is 18.8 Å². The van der Waals surface area contributed by atoms with Crippen molar-refractivity contribution in [3.05, 3.63) is 12.2 Å². The summed E-state index contributed by atoms with van der Waals surface area (Å²) in [6, 6.07) is 0. The SMILES string of the molecule is C=C(C)CCCCC(=O)NCOCCCC. The molecule has 0 aliphatic rings. The molecule has 0 aromatic carbocycles. The molecular weight excluding hydrogens is 202 g/mol. The summed E-state index contributed by atoms with van der Waals surface area (Å²) in [5.74, 6) is 0.0817. The number of allylic oxidation sites excluding steroid dienone is 1. The van der Waals surface area contributed by atoms with Crippen molar-refractivity contribution in [2.75, 3.05) is 13.3 Å². The van der Waals surface area contributed by atoms with E-state index >= 15 is 0 Å². The highest BCUT2D eigenvalue weighted by Crippen LogP contribution is 2.05. The number of hydrogen-bond acceptors (Lipinski definition) is 2. The van der Waals surface area contributed by atoms with E-state index in [4.69, 9.17) is 4.74 Å². The first kappa shape index (κ1) is 15.2. The van der Waals surface area contributed by atoms with E-state index in [-0.39, 0.29) is 5.91 Å². The lowest BCUT2D eigenvalue weighted by atomic mass is 10.1. The molecule has 16 heavy (non-hydrogen) atoms. The summed E-state index contributed by atoms with van der Waals surface area (Å²) in [5, 5.41) is 2.75. The molecule has 0 fully saturated rings. The van der Waals surface area contributed by atoms with E-state index in [0.717, 1.165) is 38.7 Å². The maximum absolute atomic E-state index is 11.3. The second kappa shape index (κ2) is 10.7. The molecule has 3 nitrogen and oxygen atoms in total. The Morgan fingerprint density at radius 1 is 1.25 bits per heavy atom. The van der Waals surface area contributed by atoms with E-state index in [1.165, 1.54) is 5.57 Å². The maximum atomic E-state index is 11.3. The fourth-order valence-corrected chi connectivity index (χ4v) is 1.25. The van der Waals surface area contributed by atoms with Gasteiger partial charge in [0, 0.05) is 13.0 Å². The zero-order chi connectivity index (χ0) is 12.2. The first-order valence-corrected chi connectivity index (χ1v) is 6.15. The van der Waals surface area contributed by atoms with E-state index in [1.54, 1.807) is 0 Å². The summed E-state index contributed by atoms with van der Waals surface area (Å²) in [6.07, 6.45) is 5.74. The largest absolute Gasteiger partial charge is 0.361 e. The smallest absolute Gasteiger partial charge is 0.221 e. The van der Waals surface area contributed by atoms with Gasteiger partial charge < -0.3 is 10.1 Å². The normalized spacial score (nSPS) is 10.1. The minimum absolute atomic E-state index is 0.0817. The molecule has 0 aliphatic heterocycles. The summed E-state index contributed by atoms with van der Waals surface area (Å²) < 4.78 is 5.24. The van der Waals surface area contributed by atoms with Crippen molar-refractivity contribution in [3.8, 4) is 0 Å². The monoisotopic (exact) mass is 227 g/mol.